The van der Waals surface area contributed by atoms with Crippen molar-refractivity contribution in [3.63, 3.8) is 0 Å². The van der Waals surface area contributed by atoms with E-state index in [0.29, 0.717) is 24.4 Å². The predicted octanol–water partition coefficient (Wildman–Crippen LogP) is 0.921. The zero-order chi connectivity index (χ0) is 13.9. The van der Waals surface area contributed by atoms with Crippen molar-refractivity contribution in [3.8, 4) is 11.5 Å². The average molecular weight is 270 g/mol. The number of benzene rings is 2. The van der Waals surface area contributed by atoms with Crippen molar-refractivity contribution in [1.29, 1.82) is 0 Å². The molecule has 5 heteroatoms. The minimum absolute atomic E-state index is 0.231. The topological polar surface area (TPSA) is 58.9 Å². The van der Waals surface area contributed by atoms with Gasteiger partial charge in [-0.1, -0.05) is 30.3 Å². The Balaban J connectivity index is 1.63. The Hall–Kier alpha value is -1.98. The van der Waals surface area contributed by atoms with Crippen molar-refractivity contribution >= 4 is 12.6 Å². The maximum absolute atomic E-state index is 9.02. The summed E-state index contributed by atoms with van der Waals surface area (Å²) in [7, 11) is -1.45. The van der Waals surface area contributed by atoms with E-state index < -0.39 is 7.12 Å². The van der Waals surface area contributed by atoms with Gasteiger partial charge in [-0.3, -0.25) is 0 Å². The first-order chi connectivity index (χ1) is 9.74. The lowest BCUT2D eigenvalue weighted by molar-refractivity contribution is 0.248. The molecule has 1 atom stereocenters. The van der Waals surface area contributed by atoms with Crippen LogP contribution < -0.4 is 14.9 Å². The van der Waals surface area contributed by atoms with Crippen LogP contribution >= 0.6 is 0 Å². The smallest absolute Gasteiger partial charge is 0.488 e. The molecule has 0 aromatic heterocycles. The molecule has 1 heterocycles. The lowest BCUT2D eigenvalue weighted by Gasteiger charge is -2.11. The van der Waals surface area contributed by atoms with Crippen molar-refractivity contribution in [1.82, 2.24) is 0 Å². The van der Waals surface area contributed by atoms with Crippen LogP contribution in [-0.4, -0.2) is 30.4 Å². The highest BCUT2D eigenvalue weighted by Gasteiger charge is 2.24. The zero-order valence-corrected chi connectivity index (χ0v) is 10.9. The number of hydrogen-bond donors (Lipinski definition) is 2. The van der Waals surface area contributed by atoms with Gasteiger partial charge in [0.1, 0.15) is 11.5 Å². The van der Waals surface area contributed by atoms with Crippen LogP contribution in [0.5, 0.6) is 11.5 Å². The molecule has 2 aromatic rings. The molecular formula is C15H15BO4. The fourth-order valence-electron chi connectivity index (χ4n) is 2.30. The van der Waals surface area contributed by atoms with E-state index in [1.807, 2.05) is 18.2 Å². The van der Waals surface area contributed by atoms with Gasteiger partial charge >= 0.3 is 7.12 Å². The van der Waals surface area contributed by atoms with Gasteiger partial charge in [-0.25, -0.2) is 0 Å². The Morgan fingerprint density at radius 3 is 2.60 bits per heavy atom. The summed E-state index contributed by atoms with van der Waals surface area (Å²) in [5, 5.41) is 18.0. The molecule has 1 unspecified atom stereocenters. The van der Waals surface area contributed by atoms with Crippen molar-refractivity contribution in [2.24, 2.45) is 0 Å². The molecule has 4 nitrogen and oxygen atoms in total. The molecule has 2 aromatic carbocycles. The molecule has 0 amide bonds. The summed E-state index contributed by atoms with van der Waals surface area (Å²) in [6, 6.07) is 14.7. The molecule has 0 bridgehead atoms. The van der Waals surface area contributed by atoms with E-state index in [-0.39, 0.29) is 5.92 Å². The molecule has 2 N–H and O–H groups in total. The molecule has 0 spiro atoms. The normalized spacial score (nSPS) is 16.4. The monoisotopic (exact) mass is 270 g/mol. The quantitative estimate of drug-likeness (QED) is 0.811. The van der Waals surface area contributed by atoms with Gasteiger partial charge in [0, 0.05) is 5.56 Å². The molecule has 1 aliphatic rings. The SMILES string of the molecule is OB(O)c1ccc(OCC2COc3ccccc32)cc1. The Morgan fingerprint density at radius 1 is 1.10 bits per heavy atom. The summed E-state index contributed by atoms with van der Waals surface area (Å²) in [5.41, 5.74) is 1.63. The highest BCUT2D eigenvalue weighted by molar-refractivity contribution is 6.58. The summed E-state index contributed by atoms with van der Waals surface area (Å²) in [6.45, 7) is 1.17. The maximum Gasteiger partial charge on any atom is 0.488 e. The second kappa shape index (κ2) is 5.57. The fourth-order valence-corrected chi connectivity index (χ4v) is 2.30. The van der Waals surface area contributed by atoms with Crippen LogP contribution in [-0.2, 0) is 0 Å². The average Bonchev–Trinajstić information content (AvgIpc) is 2.89. The van der Waals surface area contributed by atoms with Gasteiger partial charge in [-0.05, 0) is 23.7 Å². The molecule has 0 saturated heterocycles. The number of para-hydroxylation sites is 1. The van der Waals surface area contributed by atoms with Crippen molar-refractivity contribution in [2.45, 2.75) is 5.92 Å². The van der Waals surface area contributed by atoms with E-state index in [1.54, 1.807) is 24.3 Å². The highest BCUT2D eigenvalue weighted by atomic mass is 16.5. The third-order valence-corrected chi connectivity index (χ3v) is 3.43. The lowest BCUT2D eigenvalue weighted by atomic mass is 9.80. The number of hydrogen-bond acceptors (Lipinski definition) is 4. The first-order valence-electron chi connectivity index (χ1n) is 6.54. The molecule has 20 heavy (non-hydrogen) atoms. The maximum atomic E-state index is 9.02. The summed E-state index contributed by atoms with van der Waals surface area (Å²) < 4.78 is 11.3. The van der Waals surface area contributed by atoms with Crippen molar-refractivity contribution in [2.75, 3.05) is 13.2 Å². The zero-order valence-electron chi connectivity index (χ0n) is 10.9. The first kappa shape index (κ1) is 13.0. The summed E-state index contributed by atoms with van der Waals surface area (Å²) in [4.78, 5) is 0. The lowest BCUT2D eigenvalue weighted by Crippen LogP contribution is -2.29. The minimum Gasteiger partial charge on any atom is -0.493 e. The largest absolute Gasteiger partial charge is 0.493 e. The van der Waals surface area contributed by atoms with Gasteiger partial charge in [0.05, 0.1) is 19.1 Å². The van der Waals surface area contributed by atoms with E-state index in [9.17, 15) is 0 Å². The standard InChI is InChI=1S/C15H15BO4/c17-16(18)12-5-7-13(8-6-12)19-9-11-10-20-15-4-2-1-3-14(11)15/h1-8,11,17-18H,9-10H2. The molecule has 1 aliphatic heterocycles. The van der Waals surface area contributed by atoms with Gasteiger partial charge in [0.25, 0.3) is 0 Å². The van der Waals surface area contributed by atoms with Crippen molar-refractivity contribution < 1.29 is 19.5 Å². The highest BCUT2D eigenvalue weighted by Crippen LogP contribution is 2.33. The van der Waals surface area contributed by atoms with Crippen LogP contribution in [0.15, 0.2) is 48.5 Å². The molecule has 0 fully saturated rings. The third kappa shape index (κ3) is 2.64. The summed E-state index contributed by atoms with van der Waals surface area (Å²) >= 11 is 0. The van der Waals surface area contributed by atoms with Gasteiger partial charge in [-0.2, -0.15) is 0 Å². The molecule has 3 rings (SSSR count). The van der Waals surface area contributed by atoms with E-state index in [0.717, 1.165) is 5.75 Å². The summed E-state index contributed by atoms with van der Waals surface area (Å²) in [5.74, 6) is 1.87. The molecule has 0 saturated carbocycles. The Kier molecular flexibility index (Phi) is 3.63. The summed E-state index contributed by atoms with van der Waals surface area (Å²) in [6.07, 6.45) is 0. The van der Waals surface area contributed by atoms with E-state index in [4.69, 9.17) is 19.5 Å². The fraction of sp³-hybridized carbons (Fsp3) is 0.200. The van der Waals surface area contributed by atoms with E-state index in [1.165, 1.54) is 5.56 Å². The second-order valence-corrected chi connectivity index (χ2v) is 4.80. The third-order valence-electron chi connectivity index (χ3n) is 3.43. The molecular weight excluding hydrogens is 255 g/mol. The van der Waals surface area contributed by atoms with Crippen LogP contribution in [0.2, 0.25) is 0 Å². The molecule has 102 valence electrons. The predicted molar refractivity (Wildman–Crippen MR) is 76.4 cm³/mol. The van der Waals surface area contributed by atoms with Crippen LogP contribution in [0.1, 0.15) is 11.5 Å². The van der Waals surface area contributed by atoms with E-state index in [2.05, 4.69) is 6.07 Å². The number of fused-ring (bicyclic) bond motifs is 1. The Bertz CT molecular complexity index is 583. The first-order valence-corrected chi connectivity index (χ1v) is 6.54. The van der Waals surface area contributed by atoms with Gasteiger partial charge in [0.2, 0.25) is 0 Å². The van der Waals surface area contributed by atoms with Crippen LogP contribution in [0.25, 0.3) is 0 Å². The van der Waals surface area contributed by atoms with E-state index >= 15 is 0 Å². The van der Waals surface area contributed by atoms with Crippen LogP contribution in [0, 0.1) is 0 Å². The number of ether oxygens (including phenoxy) is 2. The van der Waals surface area contributed by atoms with Crippen LogP contribution in [0.3, 0.4) is 0 Å². The van der Waals surface area contributed by atoms with Crippen LogP contribution in [0.4, 0.5) is 0 Å². The molecule has 0 radical (unpaired) electrons. The van der Waals surface area contributed by atoms with Crippen molar-refractivity contribution in [3.05, 3.63) is 54.1 Å². The number of rotatable bonds is 4. The Morgan fingerprint density at radius 2 is 1.85 bits per heavy atom. The molecule has 0 aliphatic carbocycles. The minimum atomic E-state index is -1.45. The van der Waals surface area contributed by atoms with Gasteiger partial charge in [-0.15, -0.1) is 0 Å². The van der Waals surface area contributed by atoms with Gasteiger partial charge in [0.15, 0.2) is 0 Å². The second-order valence-electron chi connectivity index (χ2n) is 4.80. The van der Waals surface area contributed by atoms with Gasteiger partial charge < -0.3 is 19.5 Å². The Labute approximate surface area is 117 Å².